The quantitative estimate of drug-likeness (QED) is 0.707. The molecule has 2 N–H and O–H groups in total. The van der Waals surface area contributed by atoms with Crippen LogP contribution in [0.2, 0.25) is 0 Å². The average Bonchev–Trinajstić information content (AvgIpc) is 2.15. The van der Waals surface area contributed by atoms with Crippen molar-refractivity contribution in [2.75, 3.05) is 14.1 Å². The summed E-state index contributed by atoms with van der Waals surface area (Å²) in [6, 6.07) is 10.5. The topological polar surface area (TPSA) is 29.3 Å². The summed E-state index contributed by atoms with van der Waals surface area (Å²) in [7, 11) is 4.02. The zero-order valence-electron chi connectivity index (χ0n) is 8.40. The van der Waals surface area contributed by atoms with Crippen molar-refractivity contribution in [3.8, 4) is 0 Å². The van der Waals surface area contributed by atoms with Gasteiger partial charge in [0.15, 0.2) is 0 Å². The van der Waals surface area contributed by atoms with Gasteiger partial charge in [-0.2, -0.15) is 0 Å². The van der Waals surface area contributed by atoms with Crippen LogP contribution in [-0.4, -0.2) is 25.2 Å². The van der Waals surface area contributed by atoms with Crippen molar-refractivity contribution in [2.45, 2.75) is 19.0 Å². The highest BCUT2D eigenvalue weighted by molar-refractivity contribution is 5.14. The van der Waals surface area contributed by atoms with Crippen LogP contribution in [0.25, 0.3) is 0 Å². The molecule has 0 fully saturated rings. The number of nitrogens with zero attached hydrogens (tertiary/aromatic N) is 1. The molecule has 13 heavy (non-hydrogen) atoms. The minimum atomic E-state index is 0.167. The van der Waals surface area contributed by atoms with Gasteiger partial charge in [-0.1, -0.05) is 30.3 Å². The van der Waals surface area contributed by atoms with Gasteiger partial charge in [-0.25, -0.2) is 0 Å². The number of aryl methyl sites for hydroxylation is 1. The Hall–Kier alpha value is -0.860. The van der Waals surface area contributed by atoms with Crippen molar-refractivity contribution < 1.29 is 0 Å². The van der Waals surface area contributed by atoms with Crippen molar-refractivity contribution in [3.63, 3.8) is 0 Å². The van der Waals surface area contributed by atoms with E-state index < -0.39 is 0 Å². The summed E-state index contributed by atoms with van der Waals surface area (Å²) in [5.41, 5.74) is 7.25. The van der Waals surface area contributed by atoms with Gasteiger partial charge in [0.25, 0.3) is 0 Å². The zero-order chi connectivity index (χ0) is 9.68. The molecule has 0 spiro atoms. The lowest BCUT2D eigenvalue weighted by atomic mass is 10.1. The molecule has 2 heteroatoms. The summed E-state index contributed by atoms with van der Waals surface area (Å²) in [6.07, 6.45) is 2.23. The molecule has 0 aromatic heterocycles. The summed E-state index contributed by atoms with van der Waals surface area (Å²) in [6.45, 7) is 0. The van der Waals surface area contributed by atoms with E-state index in [-0.39, 0.29) is 6.17 Å². The summed E-state index contributed by atoms with van der Waals surface area (Å²) >= 11 is 0. The van der Waals surface area contributed by atoms with E-state index >= 15 is 0 Å². The third kappa shape index (κ3) is 3.57. The molecule has 72 valence electrons. The Labute approximate surface area is 80.4 Å². The van der Waals surface area contributed by atoms with Gasteiger partial charge in [0.2, 0.25) is 0 Å². The fourth-order valence-electron chi connectivity index (χ4n) is 1.22. The Morgan fingerprint density at radius 1 is 1.23 bits per heavy atom. The molecule has 0 radical (unpaired) electrons. The minimum absolute atomic E-state index is 0.167. The minimum Gasteiger partial charge on any atom is -0.316 e. The van der Waals surface area contributed by atoms with E-state index in [2.05, 4.69) is 24.3 Å². The van der Waals surface area contributed by atoms with E-state index in [4.69, 9.17) is 5.73 Å². The molecule has 0 saturated carbocycles. The van der Waals surface area contributed by atoms with Crippen LogP contribution in [0, 0.1) is 0 Å². The number of benzene rings is 1. The van der Waals surface area contributed by atoms with Crippen LogP contribution in [0.4, 0.5) is 0 Å². The van der Waals surface area contributed by atoms with Crippen molar-refractivity contribution in [3.05, 3.63) is 35.9 Å². The fraction of sp³-hybridized carbons (Fsp3) is 0.455. The molecule has 2 nitrogen and oxygen atoms in total. The Bertz CT molecular complexity index is 231. The molecule has 0 amide bonds. The Balaban J connectivity index is 2.35. The van der Waals surface area contributed by atoms with E-state index in [1.807, 2.05) is 25.1 Å². The van der Waals surface area contributed by atoms with Gasteiger partial charge in [-0.15, -0.1) is 0 Å². The molecule has 0 bridgehead atoms. The van der Waals surface area contributed by atoms with Crippen LogP contribution in [0.1, 0.15) is 12.0 Å². The van der Waals surface area contributed by atoms with Gasteiger partial charge in [-0.3, -0.25) is 4.90 Å². The molecule has 0 saturated heterocycles. The van der Waals surface area contributed by atoms with E-state index in [1.54, 1.807) is 0 Å². The summed E-state index contributed by atoms with van der Waals surface area (Å²) < 4.78 is 0. The van der Waals surface area contributed by atoms with Gasteiger partial charge < -0.3 is 5.73 Å². The lowest BCUT2D eigenvalue weighted by Crippen LogP contribution is -2.36. The maximum atomic E-state index is 5.89. The third-order valence-electron chi connectivity index (χ3n) is 2.23. The smallest absolute Gasteiger partial charge is 0.0569 e. The second kappa shape index (κ2) is 5.00. The van der Waals surface area contributed by atoms with Crippen molar-refractivity contribution >= 4 is 0 Å². The van der Waals surface area contributed by atoms with Crippen molar-refractivity contribution in [1.82, 2.24) is 4.90 Å². The van der Waals surface area contributed by atoms with Gasteiger partial charge in [0, 0.05) is 0 Å². The van der Waals surface area contributed by atoms with E-state index in [0.29, 0.717) is 0 Å². The number of hydrogen-bond donors (Lipinski definition) is 1. The Morgan fingerprint density at radius 2 is 1.85 bits per heavy atom. The number of rotatable bonds is 4. The van der Waals surface area contributed by atoms with Gasteiger partial charge in [-0.05, 0) is 32.5 Å². The lowest BCUT2D eigenvalue weighted by molar-refractivity contribution is 0.286. The first kappa shape index (κ1) is 10.2. The monoisotopic (exact) mass is 178 g/mol. The van der Waals surface area contributed by atoms with Crippen LogP contribution < -0.4 is 5.73 Å². The summed E-state index contributed by atoms with van der Waals surface area (Å²) in [4.78, 5) is 2.04. The normalized spacial score (nSPS) is 13.2. The molecule has 0 aliphatic carbocycles. The highest BCUT2D eigenvalue weighted by Gasteiger charge is 2.03. The third-order valence-corrected chi connectivity index (χ3v) is 2.23. The molecule has 1 atom stereocenters. The largest absolute Gasteiger partial charge is 0.316 e. The summed E-state index contributed by atoms with van der Waals surface area (Å²) in [5.74, 6) is 0. The van der Waals surface area contributed by atoms with E-state index in [0.717, 1.165) is 12.8 Å². The number of nitrogens with two attached hydrogens (primary N) is 1. The first-order valence-corrected chi connectivity index (χ1v) is 4.66. The molecule has 1 aromatic carbocycles. The van der Waals surface area contributed by atoms with Gasteiger partial charge in [0.05, 0.1) is 6.17 Å². The van der Waals surface area contributed by atoms with Crippen LogP contribution >= 0.6 is 0 Å². The fourth-order valence-corrected chi connectivity index (χ4v) is 1.22. The van der Waals surface area contributed by atoms with Crippen molar-refractivity contribution in [1.29, 1.82) is 0 Å². The molecule has 1 aromatic rings. The first-order valence-electron chi connectivity index (χ1n) is 4.66. The maximum absolute atomic E-state index is 5.89. The summed E-state index contributed by atoms with van der Waals surface area (Å²) in [5, 5.41) is 0. The first-order chi connectivity index (χ1) is 6.20. The predicted molar refractivity (Wildman–Crippen MR) is 56.4 cm³/mol. The maximum Gasteiger partial charge on any atom is 0.0569 e. The standard InChI is InChI=1S/C11H18N2/c1-13(2)11(12)9-8-10-6-4-3-5-7-10/h3-7,11H,8-9,12H2,1-2H3. The van der Waals surface area contributed by atoms with Crippen LogP contribution in [0.15, 0.2) is 30.3 Å². The Kier molecular flexibility index (Phi) is 3.93. The van der Waals surface area contributed by atoms with Gasteiger partial charge in [0.1, 0.15) is 0 Å². The second-order valence-electron chi connectivity index (χ2n) is 3.56. The average molecular weight is 178 g/mol. The second-order valence-corrected chi connectivity index (χ2v) is 3.56. The van der Waals surface area contributed by atoms with Gasteiger partial charge >= 0.3 is 0 Å². The van der Waals surface area contributed by atoms with E-state index in [9.17, 15) is 0 Å². The lowest BCUT2D eigenvalue weighted by Gasteiger charge is -2.19. The van der Waals surface area contributed by atoms with Crippen LogP contribution in [0.5, 0.6) is 0 Å². The Morgan fingerprint density at radius 3 is 2.38 bits per heavy atom. The molecule has 1 unspecified atom stereocenters. The molecule has 0 heterocycles. The molecular formula is C11H18N2. The number of hydrogen-bond acceptors (Lipinski definition) is 2. The highest BCUT2D eigenvalue weighted by Crippen LogP contribution is 2.04. The predicted octanol–water partition coefficient (Wildman–Crippen LogP) is 1.47. The molecule has 0 aliphatic heterocycles. The van der Waals surface area contributed by atoms with Crippen LogP contribution in [0.3, 0.4) is 0 Å². The van der Waals surface area contributed by atoms with Crippen LogP contribution in [-0.2, 0) is 6.42 Å². The molecular weight excluding hydrogens is 160 g/mol. The highest BCUT2D eigenvalue weighted by atomic mass is 15.2. The molecule has 1 rings (SSSR count). The molecule has 0 aliphatic rings. The van der Waals surface area contributed by atoms with Crippen molar-refractivity contribution in [2.24, 2.45) is 5.73 Å². The zero-order valence-corrected chi connectivity index (χ0v) is 8.40. The van der Waals surface area contributed by atoms with E-state index in [1.165, 1.54) is 5.56 Å². The SMILES string of the molecule is CN(C)C(N)CCc1ccccc1.